The summed E-state index contributed by atoms with van der Waals surface area (Å²) >= 11 is 4.95. The average molecular weight is 214 g/mol. The molecule has 0 bridgehead atoms. The maximum Gasteiger partial charge on any atom is 0.166 e. The molecule has 0 aliphatic rings. The van der Waals surface area contributed by atoms with Crippen LogP contribution in [-0.2, 0) is 4.79 Å². The summed E-state index contributed by atoms with van der Waals surface area (Å²) in [7, 11) is 0. The monoisotopic (exact) mass is 214 g/mol. The Hall–Kier alpha value is -0.240. The first kappa shape index (κ1) is 13.8. The van der Waals surface area contributed by atoms with Crippen LogP contribution < -0.4 is 0 Å². The molecule has 82 valence electrons. The first-order valence-corrected chi connectivity index (χ1v) is 6.13. The highest BCUT2D eigenvalue weighted by Gasteiger charge is 2.01. The van der Waals surface area contributed by atoms with Crippen molar-refractivity contribution in [1.29, 1.82) is 0 Å². The Morgan fingerprint density at radius 2 is 1.50 bits per heavy atom. The second kappa shape index (κ2) is 9.32. The van der Waals surface area contributed by atoms with Crippen molar-refractivity contribution in [3.05, 3.63) is 0 Å². The standard InChI is InChI=1S/C12H22OS/c1-3-4-5-6-7-8-9-10-12(14)11(2)13/h3-10H2,1-2H3. The van der Waals surface area contributed by atoms with Gasteiger partial charge in [-0.25, -0.2) is 0 Å². The van der Waals surface area contributed by atoms with Crippen LogP contribution in [0.2, 0.25) is 0 Å². The Balaban J connectivity index is 3.13. The second-order valence-electron chi connectivity index (χ2n) is 3.85. The fraction of sp³-hybridized carbons (Fsp3) is 0.833. The molecule has 0 fully saturated rings. The van der Waals surface area contributed by atoms with Crippen molar-refractivity contribution < 1.29 is 4.79 Å². The van der Waals surface area contributed by atoms with Crippen LogP contribution in [0.25, 0.3) is 0 Å². The van der Waals surface area contributed by atoms with E-state index >= 15 is 0 Å². The summed E-state index contributed by atoms with van der Waals surface area (Å²) in [6.07, 6.45) is 9.76. The quantitative estimate of drug-likeness (QED) is 0.425. The number of hydrogen-bond donors (Lipinski definition) is 0. The molecule has 0 rings (SSSR count). The van der Waals surface area contributed by atoms with Crippen LogP contribution in [0.3, 0.4) is 0 Å². The van der Waals surface area contributed by atoms with Crippen LogP contribution in [0.4, 0.5) is 0 Å². The Bertz CT molecular complexity index is 175. The van der Waals surface area contributed by atoms with Crippen molar-refractivity contribution >= 4 is 22.9 Å². The van der Waals surface area contributed by atoms with Crippen LogP contribution >= 0.6 is 12.2 Å². The lowest BCUT2D eigenvalue weighted by Crippen LogP contribution is -2.05. The van der Waals surface area contributed by atoms with Gasteiger partial charge in [-0.2, -0.15) is 0 Å². The van der Waals surface area contributed by atoms with Gasteiger partial charge in [0.25, 0.3) is 0 Å². The first-order chi connectivity index (χ1) is 6.68. The van der Waals surface area contributed by atoms with E-state index in [0.717, 1.165) is 12.8 Å². The number of carbonyl (C=O) groups is 1. The Labute approximate surface area is 93.3 Å². The number of rotatable bonds is 9. The number of hydrogen-bond acceptors (Lipinski definition) is 2. The van der Waals surface area contributed by atoms with Gasteiger partial charge >= 0.3 is 0 Å². The molecule has 0 amide bonds. The molecule has 0 N–H and O–H groups in total. The summed E-state index contributed by atoms with van der Waals surface area (Å²) in [4.78, 5) is 11.4. The molecular weight excluding hydrogens is 192 g/mol. The SMILES string of the molecule is CCCCCCCCCC(=S)C(C)=O. The van der Waals surface area contributed by atoms with Gasteiger partial charge in [0.2, 0.25) is 0 Å². The Morgan fingerprint density at radius 1 is 1.00 bits per heavy atom. The number of carbonyl (C=O) groups excluding carboxylic acids is 1. The van der Waals surface area contributed by atoms with Crippen LogP contribution in [-0.4, -0.2) is 10.6 Å². The zero-order chi connectivity index (χ0) is 10.8. The minimum absolute atomic E-state index is 0.0750. The average Bonchev–Trinajstić information content (AvgIpc) is 2.16. The lowest BCUT2D eigenvalue weighted by Gasteiger charge is -2.00. The third-order valence-electron chi connectivity index (χ3n) is 2.40. The van der Waals surface area contributed by atoms with Crippen LogP contribution in [0.1, 0.15) is 65.2 Å². The van der Waals surface area contributed by atoms with E-state index in [-0.39, 0.29) is 5.78 Å². The molecule has 1 nitrogen and oxygen atoms in total. The summed E-state index contributed by atoms with van der Waals surface area (Å²) in [6, 6.07) is 0. The van der Waals surface area contributed by atoms with Crippen LogP contribution in [0.15, 0.2) is 0 Å². The third kappa shape index (κ3) is 8.36. The van der Waals surface area contributed by atoms with E-state index in [9.17, 15) is 4.79 Å². The van der Waals surface area contributed by atoms with E-state index < -0.39 is 0 Å². The second-order valence-corrected chi connectivity index (χ2v) is 4.34. The molecule has 0 heterocycles. The largest absolute Gasteiger partial charge is 0.294 e. The zero-order valence-corrected chi connectivity index (χ0v) is 10.3. The fourth-order valence-corrected chi connectivity index (χ4v) is 1.56. The molecule has 2 heteroatoms. The van der Waals surface area contributed by atoms with Crippen molar-refractivity contribution in [3.63, 3.8) is 0 Å². The van der Waals surface area contributed by atoms with Gasteiger partial charge in [0.1, 0.15) is 0 Å². The predicted molar refractivity (Wildman–Crippen MR) is 65.9 cm³/mol. The van der Waals surface area contributed by atoms with Gasteiger partial charge < -0.3 is 0 Å². The van der Waals surface area contributed by atoms with Crippen molar-refractivity contribution in [3.8, 4) is 0 Å². The molecule has 0 aromatic rings. The van der Waals surface area contributed by atoms with E-state index in [4.69, 9.17) is 12.2 Å². The molecular formula is C12H22OS. The normalized spacial score (nSPS) is 10.1. The van der Waals surface area contributed by atoms with Gasteiger partial charge in [-0.05, 0) is 19.8 Å². The molecule has 0 aliphatic carbocycles. The third-order valence-corrected chi connectivity index (χ3v) is 2.89. The van der Waals surface area contributed by atoms with Crippen molar-refractivity contribution in [1.82, 2.24) is 0 Å². The highest BCUT2D eigenvalue weighted by atomic mass is 32.1. The highest BCUT2D eigenvalue weighted by Crippen LogP contribution is 2.09. The van der Waals surface area contributed by atoms with Gasteiger partial charge in [0.15, 0.2) is 5.78 Å². The van der Waals surface area contributed by atoms with Crippen LogP contribution in [0, 0.1) is 0 Å². The maximum absolute atomic E-state index is 10.8. The summed E-state index contributed by atoms with van der Waals surface area (Å²) in [5, 5.41) is 0. The van der Waals surface area contributed by atoms with E-state index in [1.807, 2.05) is 0 Å². The summed E-state index contributed by atoms with van der Waals surface area (Å²) in [5.74, 6) is 0.0750. The van der Waals surface area contributed by atoms with Gasteiger partial charge in [-0.1, -0.05) is 57.7 Å². The van der Waals surface area contributed by atoms with Crippen molar-refractivity contribution in [2.75, 3.05) is 0 Å². The van der Waals surface area contributed by atoms with E-state index in [0.29, 0.717) is 4.86 Å². The minimum Gasteiger partial charge on any atom is -0.294 e. The van der Waals surface area contributed by atoms with Gasteiger partial charge in [0, 0.05) is 0 Å². The topological polar surface area (TPSA) is 17.1 Å². The van der Waals surface area contributed by atoms with Gasteiger partial charge in [0.05, 0.1) is 4.86 Å². The van der Waals surface area contributed by atoms with E-state index in [2.05, 4.69) is 6.92 Å². The zero-order valence-electron chi connectivity index (χ0n) is 9.47. The maximum atomic E-state index is 10.8. The summed E-state index contributed by atoms with van der Waals surface area (Å²) in [5.41, 5.74) is 0. The molecule has 0 atom stereocenters. The molecule has 0 radical (unpaired) electrons. The van der Waals surface area contributed by atoms with Crippen LogP contribution in [0.5, 0.6) is 0 Å². The van der Waals surface area contributed by atoms with Gasteiger partial charge in [-0.15, -0.1) is 0 Å². The van der Waals surface area contributed by atoms with E-state index in [1.54, 1.807) is 6.92 Å². The predicted octanol–water partition coefficient (Wildman–Crippen LogP) is 4.09. The molecule has 0 unspecified atom stereocenters. The molecule has 0 saturated carbocycles. The van der Waals surface area contributed by atoms with Crippen molar-refractivity contribution in [2.24, 2.45) is 0 Å². The minimum atomic E-state index is 0.0750. The molecule has 14 heavy (non-hydrogen) atoms. The van der Waals surface area contributed by atoms with Gasteiger partial charge in [-0.3, -0.25) is 4.79 Å². The number of unbranched alkanes of at least 4 members (excludes halogenated alkanes) is 6. The Morgan fingerprint density at radius 3 is 2.00 bits per heavy atom. The molecule has 0 aromatic heterocycles. The molecule has 0 aromatic carbocycles. The first-order valence-electron chi connectivity index (χ1n) is 5.72. The lowest BCUT2D eigenvalue weighted by atomic mass is 10.1. The fourth-order valence-electron chi connectivity index (χ4n) is 1.42. The Kier molecular flexibility index (Phi) is 9.16. The summed E-state index contributed by atoms with van der Waals surface area (Å²) in [6.45, 7) is 3.79. The molecule has 0 saturated heterocycles. The van der Waals surface area contributed by atoms with Crippen molar-refractivity contribution in [2.45, 2.75) is 65.2 Å². The smallest absolute Gasteiger partial charge is 0.166 e. The number of Topliss-reactive ketones (excluding diaryl/α,β-unsaturated/α-hetero) is 1. The van der Waals surface area contributed by atoms with E-state index in [1.165, 1.54) is 38.5 Å². The molecule has 0 aliphatic heterocycles. The summed E-state index contributed by atoms with van der Waals surface area (Å²) < 4.78 is 0. The lowest BCUT2D eigenvalue weighted by molar-refractivity contribution is -0.111. The molecule has 0 spiro atoms. The highest BCUT2D eigenvalue weighted by molar-refractivity contribution is 7.82. The number of thiocarbonyl (C=S) groups is 1. The number of ketones is 1.